The van der Waals surface area contributed by atoms with Crippen LogP contribution < -0.4 is 5.32 Å². The van der Waals surface area contributed by atoms with E-state index in [9.17, 15) is 9.18 Å². The number of benzene rings is 1. The molecule has 1 N–H and O–H groups in total. The number of hydrogen-bond donors (Lipinski definition) is 1. The highest BCUT2D eigenvalue weighted by atomic mass is 35.5. The summed E-state index contributed by atoms with van der Waals surface area (Å²) in [5.74, 6) is -0.558. The highest BCUT2D eigenvalue weighted by molar-refractivity contribution is 7.20. The number of amides is 1. The second-order valence-corrected chi connectivity index (χ2v) is 5.98. The van der Waals surface area contributed by atoms with Crippen molar-refractivity contribution in [2.24, 2.45) is 0 Å². The van der Waals surface area contributed by atoms with E-state index in [0.29, 0.717) is 21.4 Å². The first-order chi connectivity index (χ1) is 10.0. The molecule has 0 saturated heterocycles. The van der Waals surface area contributed by atoms with Gasteiger partial charge < -0.3 is 5.32 Å². The first-order valence-electron chi connectivity index (χ1n) is 6.16. The van der Waals surface area contributed by atoms with Gasteiger partial charge in [0.2, 0.25) is 0 Å². The van der Waals surface area contributed by atoms with E-state index >= 15 is 0 Å². The molecule has 3 rings (SSSR count). The molecule has 0 aliphatic carbocycles. The molecule has 0 atom stereocenters. The van der Waals surface area contributed by atoms with Gasteiger partial charge in [-0.3, -0.25) is 4.79 Å². The maximum atomic E-state index is 13.2. The average Bonchev–Trinajstić information content (AvgIpc) is 2.85. The Hall–Kier alpha value is -1.98. The Morgan fingerprint density at radius 1 is 1.29 bits per heavy atom. The van der Waals surface area contributed by atoms with Crippen LogP contribution in [0.15, 0.2) is 36.4 Å². The number of halogens is 2. The lowest BCUT2D eigenvalue weighted by molar-refractivity contribution is 0.103. The lowest BCUT2D eigenvalue weighted by atomic mass is 10.2. The predicted octanol–water partition coefficient (Wildman–Crippen LogP) is 4.65. The minimum absolute atomic E-state index is 0.246. The van der Waals surface area contributed by atoms with Gasteiger partial charge in [-0.05, 0) is 42.6 Å². The highest BCUT2D eigenvalue weighted by Gasteiger charge is 2.12. The first kappa shape index (κ1) is 14.0. The molecule has 106 valence electrons. The van der Waals surface area contributed by atoms with E-state index in [0.717, 1.165) is 10.1 Å². The fourth-order valence-electron chi connectivity index (χ4n) is 1.96. The predicted molar refractivity (Wildman–Crippen MR) is 83.7 cm³/mol. The molecule has 21 heavy (non-hydrogen) atoms. The van der Waals surface area contributed by atoms with Gasteiger partial charge in [0.15, 0.2) is 0 Å². The van der Waals surface area contributed by atoms with Gasteiger partial charge >= 0.3 is 0 Å². The summed E-state index contributed by atoms with van der Waals surface area (Å²) in [5.41, 5.74) is 1.25. The Kier molecular flexibility index (Phi) is 3.61. The summed E-state index contributed by atoms with van der Waals surface area (Å²) >= 11 is 7.03. The molecule has 3 aromatic rings. The molecule has 0 saturated carbocycles. The van der Waals surface area contributed by atoms with Gasteiger partial charge in [0.05, 0.1) is 16.3 Å². The number of nitrogens with one attached hydrogen (secondary N) is 1. The molecule has 0 bridgehead atoms. The van der Waals surface area contributed by atoms with Crippen molar-refractivity contribution in [3.8, 4) is 0 Å². The number of fused-ring (bicyclic) bond motifs is 1. The maximum Gasteiger partial charge on any atom is 0.265 e. The number of carbonyl (C=O) groups is 1. The van der Waals surface area contributed by atoms with E-state index in [-0.39, 0.29) is 11.7 Å². The summed E-state index contributed by atoms with van der Waals surface area (Å²) in [4.78, 5) is 16.8. The number of aryl methyl sites for hydroxylation is 1. The zero-order valence-corrected chi connectivity index (χ0v) is 12.6. The van der Waals surface area contributed by atoms with E-state index in [1.807, 2.05) is 0 Å². The van der Waals surface area contributed by atoms with Crippen LogP contribution in [0.25, 0.3) is 10.1 Å². The molecule has 1 aromatic carbocycles. The van der Waals surface area contributed by atoms with Crippen molar-refractivity contribution in [2.75, 3.05) is 5.32 Å². The molecule has 0 aliphatic heterocycles. The monoisotopic (exact) mass is 320 g/mol. The number of thiophene rings is 1. The number of pyridine rings is 1. The van der Waals surface area contributed by atoms with Crippen molar-refractivity contribution in [3.05, 3.63) is 57.9 Å². The first-order valence-corrected chi connectivity index (χ1v) is 7.36. The van der Waals surface area contributed by atoms with Crippen molar-refractivity contribution < 1.29 is 9.18 Å². The second-order valence-electron chi connectivity index (χ2n) is 4.51. The molecule has 0 unspecified atom stereocenters. The van der Waals surface area contributed by atoms with Gasteiger partial charge in [0.25, 0.3) is 5.91 Å². The van der Waals surface area contributed by atoms with Crippen LogP contribution in [0, 0.1) is 12.7 Å². The molecular weight excluding hydrogens is 311 g/mol. The van der Waals surface area contributed by atoms with Gasteiger partial charge in [0, 0.05) is 4.70 Å². The highest BCUT2D eigenvalue weighted by Crippen LogP contribution is 2.27. The van der Waals surface area contributed by atoms with Crippen LogP contribution in [0.5, 0.6) is 0 Å². The number of anilines is 1. The second kappa shape index (κ2) is 5.42. The van der Waals surface area contributed by atoms with Crippen LogP contribution in [-0.4, -0.2) is 10.9 Å². The van der Waals surface area contributed by atoms with E-state index in [1.165, 1.54) is 23.5 Å². The van der Waals surface area contributed by atoms with Crippen LogP contribution in [-0.2, 0) is 0 Å². The Labute approximate surface area is 129 Å². The van der Waals surface area contributed by atoms with Gasteiger partial charge in [-0.15, -0.1) is 11.3 Å². The molecule has 3 nitrogen and oxygen atoms in total. The quantitative estimate of drug-likeness (QED) is 0.698. The smallest absolute Gasteiger partial charge is 0.265 e. The summed E-state index contributed by atoms with van der Waals surface area (Å²) in [5, 5.41) is 4.01. The Morgan fingerprint density at radius 3 is 2.86 bits per heavy atom. The number of nitrogens with zero attached hydrogens (tertiary/aromatic N) is 1. The normalized spacial score (nSPS) is 10.8. The van der Waals surface area contributed by atoms with Crippen molar-refractivity contribution in [1.29, 1.82) is 0 Å². The molecule has 2 heterocycles. The van der Waals surface area contributed by atoms with E-state index in [4.69, 9.17) is 11.6 Å². The van der Waals surface area contributed by atoms with E-state index in [2.05, 4.69) is 10.3 Å². The minimum atomic E-state index is -0.311. The fourth-order valence-corrected chi connectivity index (χ4v) is 3.14. The Balaban J connectivity index is 1.89. The van der Waals surface area contributed by atoms with Crippen LogP contribution in [0.4, 0.5) is 10.1 Å². The van der Waals surface area contributed by atoms with E-state index in [1.54, 1.807) is 31.2 Å². The minimum Gasteiger partial charge on any atom is -0.320 e. The van der Waals surface area contributed by atoms with Crippen molar-refractivity contribution in [2.45, 2.75) is 6.92 Å². The number of aromatic nitrogens is 1. The third kappa shape index (κ3) is 2.89. The maximum absolute atomic E-state index is 13.2. The van der Waals surface area contributed by atoms with Gasteiger partial charge in [-0.25, -0.2) is 9.37 Å². The topological polar surface area (TPSA) is 42.0 Å². The molecular formula is C15H10ClFN2OS. The number of rotatable bonds is 2. The Morgan fingerprint density at radius 2 is 2.10 bits per heavy atom. The Bertz CT molecular complexity index is 847. The van der Waals surface area contributed by atoms with Crippen LogP contribution in [0.1, 0.15) is 15.4 Å². The fraction of sp³-hybridized carbons (Fsp3) is 0.0667. The van der Waals surface area contributed by atoms with Crippen molar-refractivity contribution >= 4 is 44.6 Å². The third-order valence-electron chi connectivity index (χ3n) is 3.01. The zero-order chi connectivity index (χ0) is 15.0. The standard InChI is InChI=1S/C15H10ClFN2OS/c1-8-11(4-5-14(16)18-8)19-15(20)13-6-9-2-3-10(17)7-12(9)21-13/h2-7H,1H3,(H,19,20). The van der Waals surface area contributed by atoms with Gasteiger partial charge in [-0.1, -0.05) is 17.7 Å². The lowest BCUT2D eigenvalue weighted by Crippen LogP contribution is -2.11. The zero-order valence-electron chi connectivity index (χ0n) is 11.0. The molecule has 0 spiro atoms. The van der Waals surface area contributed by atoms with E-state index < -0.39 is 0 Å². The van der Waals surface area contributed by atoms with Gasteiger partial charge in [0.1, 0.15) is 11.0 Å². The number of carbonyl (C=O) groups excluding carboxylic acids is 1. The van der Waals surface area contributed by atoms with Crippen molar-refractivity contribution in [3.63, 3.8) is 0 Å². The molecule has 0 radical (unpaired) electrons. The molecule has 6 heteroatoms. The summed E-state index contributed by atoms with van der Waals surface area (Å²) in [6.07, 6.45) is 0. The van der Waals surface area contributed by atoms with Crippen LogP contribution >= 0.6 is 22.9 Å². The lowest BCUT2D eigenvalue weighted by Gasteiger charge is -2.06. The number of hydrogen-bond acceptors (Lipinski definition) is 3. The average molecular weight is 321 g/mol. The molecule has 1 amide bonds. The SMILES string of the molecule is Cc1nc(Cl)ccc1NC(=O)c1cc2ccc(F)cc2s1. The van der Waals surface area contributed by atoms with Gasteiger partial charge in [-0.2, -0.15) is 0 Å². The summed E-state index contributed by atoms with van der Waals surface area (Å²) < 4.78 is 13.9. The molecule has 0 aliphatic rings. The summed E-state index contributed by atoms with van der Waals surface area (Å²) in [6, 6.07) is 9.52. The summed E-state index contributed by atoms with van der Waals surface area (Å²) in [7, 11) is 0. The largest absolute Gasteiger partial charge is 0.320 e. The third-order valence-corrected chi connectivity index (χ3v) is 4.31. The van der Waals surface area contributed by atoms with Crippen LogP contribution in [0.2, 0.25) is 5.15 Å². The summed E-state index contributed by atoms with van der Waals surface area (Å²) in [6.45, 7) is 1.77. The van der Waals surface area contributed by atoms with Crippen molar-refractivity contribution in [1.82, 2.24) is 4.98 Å². The molecule has 0 fully saturated rings. The molecule has 2 aromatic heterocycles. The van der Waals surface area contributed by atoms with Crippen LogP contribution in [0.3, 0.4) is 0 Å².